The summed E-state index contributed by atoms with van der Waals surface area (Å²) in [5, 5.41) is 41.9. The van der Waals surface area contributed by atoms with Crippen LogP contribution in [0.2, 0.25) is 0 Å². The number of hydrogen-bond donors (Lipinski definition) is 3. The lowest BCUT2D eigenvalue weighted by atomic mass is 10.1. The molecule has 0 bridgehead atoms. The summed E-state index contributed by atoms with van der Waals surface area (Å²) in [5.41, 5.74) is 1.27. The third-order valence-electron chi connectivity index (χ3n) is 6.49. The largest absolute Gasteiger partial charge is 0.506 e. The van der Waals surface area contributed by atoms with E-state index < -0.39 is 19.7 Å². The highest BCUT2D eigenvalue weighted by atomic mass is 32.2. The van der Waals surface area contributed by atoms with Gasteiger partial charge in [-0.25, -0.2) is 16.8 Å². The summed E-state index contributed by atoms with van der Waals surface area (Å²) < 4.78 is 54.3. The minimum Gasteiger partial charge on any atom is -0.506 e. The summed E-state index contributed by atoms with van der Waals surface area (Å²) in [5.74, 6) is -0.451. The lowest BCUT2D eigenvalue weighted by Crippen LogP contribution is -2.03. The first-order valence-electron chi connectivity index (χ1n) is 12.7. The third kappa shape index (κ3) is 6.04. The number of aromatic hydroxyl groups is 2. The summed E-state index contributed by atoms with van der Waals surface area (Å²) in [7, 11) is -3.86. The Morgan fingerprint density at radius 2 is 1.29 bits per heavy atom. The molecule has 0 amide bonds. The van der Waals surface area contributed by atoms with Gasteiger partial charge in [0, 0.05) is 23.9 Å². The Kier molecular flexibility index (Phi) is 8.78. The lowest BCUT2D eigenvalue weighted by Gasteiger charge is -2.11. The minimum absolute atomic E-state index is 0.0193. The molecule has 4 aromatic rings. The van der Waals surface area contributed by atoms with Gasteiger partial charge in [-0.15, -0.1) is 20.5 Å². The third-order valence-corrected chi connectivity index (χ3v) is 9.96. The van der Waals surface area contributed by atoms with Crippen molar-refractivity contribution >= 4 is 58.9 Å². The Hall–Kier alpha value is -4.56. The number of fused-ring (bicyclic) bond motifs is 1. The maximum Gasteiger partial charge on any atom is 0.178 e. The summed E-state index contributed by atoms with van der Waals surface area (Å²) in [6.45, 7) is 3.05. The van der Waals surface area contributed by atoms with E-state index in [9.17, 15) is 27.0 Å². The quantitative estimate of drug-likeness (QED) is 0.165. The van der Waals surface area contributed by atoms with Gasteiger partial charge in [-0.2, -0.15) is 0 Å². The molecule has 14 heteroatoms. The van der Waals surface area contributed by atoms with Crippen molar-refractivity contribution in [2.24, 2.45) is 20.5 Å². The van der Waals surface area contributed by atoms with Crippen molar-refractivity contribution in [2.45, 2.75) is 23.6 Å². The van der Waals surface area contributed by atoms with Gasteiger partial charge in [0.1, 0.15) is 34.2 Å². The van der Waals surface area contributed by atoms with Crippen LogP contribution in [0.5, 0.6) is 17.2 Å². The van der Waals surface area contributed by atoms with Crippen LogP contribution in [0.4, 0.5) is 28.4 Å². The Morgan fingerprint density at radius 1 is 0.714 bits per heavy atom. The van der Waals surface area contributed by atoms with Gasteiger partial charge in [0.05, 0.1) is 34.1 Å². The van der Waals surface area contributed by atoms with Crippen molar-refractivity contribution in [2.75, 3.05) is 31.0 Å². The van der Waals surface area contributed by atoms with E-state index in [4.69, 9.17) is 4.74 Å². The molecular weight excluding hydrogens is 582 g/mol. The summed E-state index contributed by atoms with van der Waals surface area (Å²) >= 11 is 0. The van der Waals surface area contributed by atoms with E-state index in [0.717, 1.165) is 6.07 Å². The Labute approximate surface area is 243 Å². The zero-order valence-electron chi connectivity index (χ0n) is 23.2. The normalized spacial score (nSPS) is 12.4. The van der Waals surface area contributed by atoms with E-state index in [0.29, 0.717) is 27.9 Å². The van der Waals surface area contributed by atoms with E-state index >= 15 is 0 Å². The number of phenols is 2. The molecule has 0 unspecified atom stereocenters. The molecule has 0 saturated heterocycles. The number of ether oxygens (including phenoxy) is 1. The van der Waals surface area contributed by atoms with Crippen LogP contribution < -0.4 is 10.1 Å². The molecule has 4 rings (SSSR count). The number of sulfone groups is 2. The number of rotatable bonds is 10. The molecule has 0 fully saturated rings. The number of hydrogen-bond acceptors (Lipinski definition) is 12. The first-order chi connectivity index (χ1) is 19.9. The van der Waals surface area contributed by atoms with Crippen LogP contribution in [-0.2, 0) is 19.7 Å². The fraction of sp³-hybridized carbons (Fsp3) is 0.214. The van der Waals surface area contributed by atoms with Crippen molar-refractivity contribution < 1.29 is 31.8 Å². The van der Waals surface area contributed by atoms with Gasteiger partial charge in [0.2, 0.25) is 0 Å². The molecule has 4 aromatic carbocycles. The van der Waals surface area contributed by atoms with Crippen molar-refractivity contribution in [3.63, 3.8) is 0 Å². The van der Waals surface area contributed by atoms with E-state index in [-0.39, 0.29) is 49.9 Å². The number of benzene rings is 4. The number of nitrogens with one attached hydrogen (secondary N) is 1. The molecule has 0 aromatic heterocycles. The molecule has 0 atom stereocenters. The summed E-state index contributed by atoms with van der Waals surface area (Å²) in [4.78, 5) is 0.0557. The van der Waals surface area contributed by atoms with Crippen LogP contribution >= 0.6 is 0 Å². The molecule has 12 nitrogen and oxygen atoms in total. The monoisotopic (exact) mass is 611 g/mol. The second kappa shape index (κ2) is 12.1. The summed E-state index contributed by atoms with van der Waals surface area (Å²) in [6, 6.07) is 14.6. The molecule has 42 heavy (non-hydrogen) atoms. The van der Waals surface area contributed by atoms with Crippen LogP contribution in [-0.4, -0.2) is 52.7 Å². The first kappa shape index (κ1) is 30.4. The molecule has 0 aliphatic rings. The Bertz CT molecular complexity index is 1940. The van der Waals surface area contributed by atoms with Crippen LogP contribution in [0.25, 0.3) is 10.8 Å². The fourth-order valence-electron chi connectivity index (χ4n) is 4.02. The molecular formula is C28H29N5O7S2. The standard InChI is InChI=1S/C28H29N5O7S2/c1-5-41(36,37)17-8-14-26(40-4)24(15-17)32-33-27-19-9-13-23(28(35)20(19)10-12-22(27)29-3)31-30-21-11-7-18(16-25(21)34)42(38,39)6-2/h7-16,29,34-35H,5-6H2,1-4H3/b31-30+,33-32+. The Morgan fingerprint density at radius 3 is 1.90 bits per heavy atom. The molecule has 0 heterocycles. The molecule has 0 aliphatic heterocycles. The van der Waals surface area contributed by atoms with Crippen molar-refractivity contribution in [1.29, 1.82) is 0 Å². The molecule has 0 saturated carbocycles. The van der Waals surface area contributed by atoms with E-state index in [1.807, 2.05) is 0 Å². The van der Waals surface area contributed by atoms with Gasteiger partial charge in [0.25, 0.3) is 0 Å². The number of nitrogens with zero attached hydrogens (tertiary/aromatic N) is 4. The van der Waals surface area contributed by atoms with Gasteiger partial charge in [0.15, 0.2) is 25.4 Å². The topological polar surface area (TPSA) is 179 Å². The van der Waals surface area contributed by atoms with Crippen molar-refractivity contribution in [3.8, 4) is 17.2 Å². The molecule has 3 N–H and O–H groups in total. The zero-order chi connectivity index (χ0) is 30.7. The molecule has 0 radical (unpaired) electrons. The summed E-state index contributed by atoms with van der Waals surface area (Å²) in [6.07, 6.45) is 0. The number of phenolic OH excluding ortho intramolecular Hbond substituents is 2. The van der Waals surface area contributed by atoms with E-state index in [2.05, 4.69) is 25.8 Å². The van der Waals surface area contributed by atoms with Gasteiger partial charge < -0.3 is 20.3 Å². The Balaban J connectivity index is 1.75. The van der Waals surface area contributed by atoms with Gasteiger partial charge in [-0.05, 0) is 54.6 Å². The van der Waals surface area contributed by atoms with Crippen LogP contribution in [0.15, 0.2) is 90.9 Å². The van der Waals surface area contributed by atoms with Crippen LogP contribution in [0, 0.1) is 0 Å². The maximum atomic E-state index is 12.4. The average Bonchev–Trinajstić information content (AvgIpc) is 2.99. The fourth-order valence-corrected chi connectivity index (χ4v) is 5.82. The lowest BCUT2D eigenvalue weighted by molar-refractivity contribution is 0.415. The van der Waals surface area contributed by atoms with Gasteiger partial charge in [-0.1, -0.05) is 13.8 Å². The number of methoxy groups -OCH3 is 1. The predicted molar refractivity (Wildman–Crippen MR) is 160 cm³/mol. The number of anilines is 1. The molecule has 0 spiro atoms. The highest BCUT2D eigenvalue weighted by Crippen LogP contribution is 2.44. The molecule has 220 valence electrons. The second-order valence-corrected chi connectivity index (χ2v) is 13.5. The second-order valence-electron chi connectivity index (χ2n) is 8.93. The van der Waals surface area contributed by atoms with E-state index in [1.54, 1.807) is 32.2 Å². The maximum absolute atomic E-state index is 12.4. The van der Waals surface area contributed by atoms with Crippen LogP contribution in [0.3, 0.4) is 0 Å². The zero-order valence-corrected chi connectivity index (χ0v) is 24.9. The predicted octanol–water partition coefficient (Wildman–Crippen LogP) is 6.72. The van der Waals surface area contributed by atoms with E-state index in [1.165, 1.54) is 50.4 Å². The highest BCUT2D eigenvalue weighted by molar-refractivity contribution is 7.91. The number of azo groups is 2. The first-order valence-corrected chi connectivity index (χ1v) is 16.0. The SMILES string of the molecule is CCS(=O)(=O)c1ccc(/N=N/c2ccc3c(/N=N/c4cc(S(=O)(=O)CC)ccc4OC)c(NC)ccc3c2O)c(O)c1. The van der Waals surface area contributed by atoms with Crippen molar-refractivity contribution in [1.82, 2.24) is 0 Å². The molecule has 0 aliphatic carbocycles. The van der Waals surface area contributed by atoms with Gasteiger partial charge in [-0.3, -0.25) is 0 Å². The average molecular weight is 612 g/mol. The minimum atomic E-state index is -3.51. The smallest absolute Gasteiger partial charge is 0.178 e. The van der Waals surface area contributed by atoms with Gasteiger partial charge >= 0.3 is 0 Å². The highest BCUT2D eigenvalue weighted by Gasteiger charge is 2.17. The van der Waals surface area contributed by atoms with Crippen molar-refractivity contribution in [3.05, 3.63) is 60.7 Å². The van der Waals surface area contributed by atoms with Crippen LogP contribution in [0.1, 0.15) is 13.8 Å².